The van der Waals surface area contributed by atoms with Crippen LogP contribution in [0.5, 0.6) is 0 Å². The van der Waals surface area contributed by atoms with Gasteiger partial charge in [-0.05, 0) is 63.4 Å². The van der Waals surface area contributed by atoms with E-state index in [1.165, 1.54) is 0 Å². The number of hydrogen-bond donors (Lipinski definition) is 0. The Bertz CT molecular complexity index is 822. The lowest BCUT2D eigenvalue weighted by atomic mass is 10.0. The van der Waals surface area contributed by atoms with Crippen LogP contribution < -0.4 is 0 Å². The zero-order valence-corrected chi connectivity index (χ0v) is 16.5. The van der Waals surface area contributed by atoms with Crippen LogP contribution in [0.4, 0.5) is 0 Å². The third kappa shape index (κ3) is 4.01. The maximum Gasteiger partial charge on any atom is 0.239 e. The fourth-order valence-corrected chi connectivity index (χ4v) is 4.17. The summed E-state index contributed by atoms with van der Waals surface area (Å²) in [6.07, 6.45) is 3.86. The summed E-state index contributed by atoms with van der Waals surface area (Å²) in [5.41, 5.74) is 1.15. The van der Waals surface area contributed by atoms with E-state index >= 15 is 0 Å². The number of rotatable bonds is 5. The van der Waals surface area contributed by atoms with E-state index < -0.39 is 0 Å². The lowest BCUT2D eigenvalue weighted by molar-refractivity contribution is -0.137. The molecule has 1 saturated heterocycles. The number of amides is 1. The van der Waals surface area contributed by atoms with Crippen LogP contribution in [-0.4, -0.2) is 46.5 Å². The molecule has 1 aliphatic heterocycles. The minimum Gasteiger partial charge on any atom is -0.422 e. The molecule has 144 valence electrons. The smallest absolute Gasteiger partial charge is 0.239 e. The van der Waals surface area contributed by atoms with Crippen LogP contribution in [-0.2, 0) is 11.3 Å². The van der Waals surface area contributed by atoms with Gasteiger partial charge in [-0.3, -0.25) is 4.79 Å². The molecule has 2 aromatic rings. The molecule has 0 spiro atoms. The molecule has 4 rings (SSSR count). The second-order valence-electron chi connectivity index (χ2n) is 7.82. The fraction of sp³-hybridized carbons (Fsp3) is 0.550. The van der Waals surface area contributed by atoms with Gasteiger partial charge in [0, 0.05) is 17.5 Å². The Labute approximate surface area is 164 Å². The zero-order valence-electron chi connectivity index (χ0n) is 15.8. The fourth-order valence-electron chi connectivity index (χ4n) is 3.97. The summed E-state index contributed by atoms with van der Waals surface area (Å²) >= 11 is 6.11. The van der Waals surface area contributed by atoms with E-state index in [9.17, 15) is 4.79 Å². The van der Waals surface area contributed by atoms with Gasteiger partial charge in [-0.1, -0.05) is 23.7 Å². The van der Waals surface area contributed by atoms with Crippen molar-refractivity contribution < 1.29 is 9.21 Å². The van der Waals surface area contributed by atoms with Crippen LogP contribution in [0.2, 0.25) is 5.02 Å². The first kappa shape index (κ1) is 18.4. The van der Waals surface area contributed by atoms with E-state index in [0.717, 1.165) is 42.8 Å². The van der Waals surface area contributed by atoms with Crippen molar-refractivity contribution >= 4 is 17.5 Å². The van der Waals surface area contributed by atoms with Crippen LogP contribution in [0.15, 0.2) is 28.7 Å². The van der Waals surface area contributed by atoms with Crippen molar-refractivity contribution in [2.45, 2.75) is 44.2 Å². The van der Waals surface area contributed by atoms with E-state index in [-0.39, 0.29) is 23.8 Å². The van der Waals surface area contributed by atoms with E-state index in [1.54, 1.807) is 0 Å². The number of benzene rings is 1. The largest absolute Gasteiger partial charge is 0.422 e. The maximum absolute atomic E-state index is 13.2. The normalized spacial score (nSPS) is 25.0. The molecule has 6 nitrogen and oxygen atoms in total. The summed E-state index contributed by atoms with van der Waals surface area (Å²) in [7, 11) is 3.92. The summed E-state index contributed by atoms with van der Waals surface area (Å²) in [4.78, 5) is 17.1. The molecule has 27 heavy (non-hydrogen) atoms. The third-order valence-electron chi connectivity index (χ3n) is 5.39. The SMILES string of the molecule is CN(C)Cc1nnc([C@@H]2CCCCN2C(=O)[C@H]2C[C@@H]2c2cccc(Cl)c2)o1. The first-order chi connectivity index (χ1) is 13.0. The summed E-state index contributed by atoms with van der Waals surface area (Å²) < 4.78 is 5.87. The second-order valence-corrected chi connectivity index (χ2v) is 8.26. The molecule has 1 aliphatic carbocycles. The minimum absolute atomic E-state index is 0.0354. The van der Waals surface area contributed by atoms with Crippen LogP contribution in [0.25, 0.3) is 0 Å². The maximum atomic E-state index is 13.2. The van der Waals surface area contributed by atoms with Gasteiger partial charge in [-0.25, -0.2) is 0 Å². The number of carbonyl (C=O) groups excluding carboxylic acids is 1. The van der Waals surface area contributed by atoms with Crippen molar-refractivity contribution in [2.24, 2.45) is 5.92 Å². The third-order valence-corrected chi connectivity index (χ3v) is 5.62. The molecule has 2 heterocycles. The van der Waals surface area contributed by atoms with Crippen LogP contribution in [0, 0.1) is 5.92 Å². The van der Waals surface area contributed by atoms with Gasteiger partial charge in [0.2, 0.25) is 17.7 Å². The quantitative estimate of drug-likeness (QED) is 0.782. The molecule has 2 aliphatic rings. The Kier molecular flexibility index (Phi) is 5.19. The van der Waals surface area contributed by atoms with Crippen LogP contribution in [0.1, 0.15) is 55.0 Å². The van der Waals surface area contributed by atoms with Crippen molar-refractivity contribution in [3.63, 3.8) is 0 Å². The van der Waals surface area contributed by atoms with Crippen molar-refractivity contribution in [3.8, 4) is 0 Å². The van der Waals surface area contributed by atoms with E-state index in [0.29, 0.717) is 18.3 Å². The molecule has 1 aromatic carbocycles. The molecule has 3 atom stereocenters. The Morgan fingerprint density at radius 2 is 2.19 bits per heavy atom. The van der Waals surface area contributed by atoms with Gasteiger partial charge in [0.1, 0.15) is 6.04 Å². The number of aromatic nitrogens is 2. The Balaban J connectivity index is 1.48. The molecule has 0 bridgehead atoms. The molecular weight excluding hydrogens is 364 g/mol. The number of likely N-dealkylation sites (tertiary alicyclic amines) is 1. The number of piperidine rings is 1. The summed E-state index contributed by atoms with van der Waals surface area (Å²) in [6, 6.07) is 7.75. The van der Waals surface area contributed by atoms with Gasteiger partial charge in [0.25, 0.3) is 0 Å². The Hall–Kier alpha value is -1.92. The minimum atomic E-state index is -0.102. The lowest BCUT2D eigenvalue weighted by Crippen LogP contribution is -2.39. The topological polar surface area (TPSA) is 62.5 Å². The predicted molar refractivity (Wildman–Crippen MR) is 102 cm³/mol. The van der Waals surface area contributed by atoms with Gasteiger partial charge in [-0.2, -0.15) is 0 Å². The molecule has 1 saturated carbocycles. The van der Waals surface area contributed by atoms with Gasteiger partial charge < -0.3 is 14.2 Å². The summed E-state index contributed by atoms with van der Waals surface area (Å²) in [6.45, 7) is 1.36. The van der Waals surface area contributed by atoms with E-state index in [1.807, 2.05) is 42.1 Å². The van der Waals surface area contributed by atoms with Crippen molar-refractivity contribution in [1.82, 2.24) is 20.0 Å². The predicted octanol–water partition coefficient (Wildman–Crippen LogP) is 3.64. The highest BCUT2D eigenvalue weighted by Crippen LogP contribution is 2.50. The Morgan fingerprint density at radius 3 is 2.96 bits per heavy atom. The van der Waals surface area contributed by atoms with Crippen molar-refractivity contribution in [1.29, 1.82) is 0 Å². The number of nitrogens with zero attached hydrogens (tertiary/aromatic N) is 4. The zero-order chi connectivity index (χ0) is 19.0. The van der Waals surface area contributed by atoms with Gasteiger partial charge in [0.15, 0.2) is 0 Å². The molecule has 0 N–H and O–H groups in total. The molecule has 2 fully saturated rings. The first-order valence-electron chi connectivity index (χ1n) is 9.56. The summed E-state index contributed by atoms with van der Waals surface area (Å²) in [5, 5.41) is 9.11. The van der Waals surface area contributed by atoms with E-state index in [4.69, 9.17) is 16.0 Å². The number of carbonyl (C=O) groups is 1. The molecule has 7 heteroatoms. The Morgan fingerprint density at radius 1 is 1.33 bits per heavy atom. The number of hydrogen-bond acceptors (Lipinski definition) is 5. The van der Waals surface area contributed by atoms with Crippen molar-refractivity contribution in [2.75, 3.05) is 20.6 Å². The van der Waals surface area contributed by atoms with E-state index in [2.05, 4.69) is 16.3 Å². The standard InChI is InChI=1S/C20H25ClN4O2/c1-24(2)12-18-22-23-19(27-18)17-8-3-4-9-25(17)20(26)16-11-15(16)13-6-5-7-14(21)10-13/h5-7,10,15-17H,3-4,8-9,11-12H2,1-2H3/t15-,16+,17+/m1/s1. The monoisotopic (exact) mass is 388 g/mol. The van der Waals surface area contributed by atoms with Crippen LogP contribution >= 0.6 is 11.6 Å². The highest BCUT2D eigenvalue weighted by Gasteiger charge is 2.48. The molecule has 1 aromatic heterocycles. The molecule has 0 unspecified atom stereocenters. The summed E-state index contributed by atoms with van der Waals surface area (Å²) in [5.74, 6) is 1.67. The molecule has 1 amide bonds. The van der Waals surface area contributed by atoms with Gasteiger partial charge >= 0.3 is 0 Å². The highest BCUT2D eigenvalue weighted by atomic mass is 35.5. The average molecular weight is 389 g/mol. The number of halogens is 1. The molecular formula is C20H25ClN4O2. The second kappa shape index (κ2) is 7.60. The van der Waals surface area contributed by atoms with Crippen LogP contribution in [0.3, 0.4) is 0 Å². The van der Waals surface area contributed by atoms with Gasteiger partial charge in [-0.15, -0.1) is 10.2 Å². The van der Waals surface area contributed by atoms with Crippen molar-refractivity contribution in [3.05, 3.63) is 46.6 Å². The lowest BCUT2D eigenvalue weighted by Gasteiger charge is -2.33. The average Bonchev–Trinajstić information content (AvgIpc) is 3.33. The highest BCUT2D eigenvalue weighted by molar-refractivity contribution is 6.30. The molecule has 0 radical (unpaired) electrons. The first-order valence-corrected chi connectivity index (χ1v) is 9.93. The van der Waals surface area contributed by atoms with Gasteiger partial charge in [0.05, 0.1) is 6.54 Å².